The lowest BCUT2D eigenvalue weighted by Crippen LogP contribution is -2.04. The second-order valence-electron chi connectivity index (χ2n) is 6.50. The SMILES string of the molecule is CC1=C(C=C2C(=O)Nc3ccccc32)CC(c2cccc(C(=O)O)c2)=C1. The maximum Gasteiger partial charge on any atom is 0.335 e. The molecule has 128 valence electrons. The number of anilines is 1. The van der Waals surface area contributed by atoms with Gasteiger partial charge in [-0.3, -0.25) is 4.79 Å². The van der Waals surface area contributed by atoms with Gasteiger partial charge in [0, 0.05) is 16.8 Å². The van der Waals surface area contributed by atoms with Gasteiger partial charge in [-0.25, -0.2) is 4.79 Å². The quantitative estimate of drug-likeness (QED) is 0.805. The summed E-state index contributed by atoms with van der Waals surface area (Å²) >= 11 is 0. The van der Waals surface area contributed by atoms with Crippen LogP contribution in [-0.4, -0.2) is 17.0 Å². The van der Waals surface area contributed by atoms with Crippen molar-refractivity contribution in [1.29, 1.82) is 0 Å². The summed E-state index contributed by atoms with van der Waals surface area (Å²) in [5.74, 6) is -1.02. The fraction of sp³-hybridized carbons (Fsp3) is 0.0909. The van der Waals surface area contributed by atoms with Gasteiger partial charge in [0.1, 0.15) is 0 Å². The minimum atomic E-state index is -0.934. The number of carbonyl (C=O) groups excluding carboxylic acids is 1. The van der Waals surface area contributed by atoms with Crippen molar-refractivity contribution in [2.45, 2.75) is 13.3 Å². The zero-order chi connectivity index (χ0) is 18.3. The molecule has 2 aromatic carbocycles. The number of carboxylic acid groups (broad SMARTS) is 1. The van der Waals surface area contributed by atoms with Crippen LogP contribution in [0.25, 0.3) is 11.1 Å². The second-order valence-corrected chi connectivity index (χ2v) is 6.50. The predicted molar refractivity (Wildman–Crippen MR) is 102 cm³/mol. The second kappa shape index (κ2) is 6.15. The summed E-state index contributed by atoms with van der Waals surface area (Å²) in [4.78, 5) is 23.5. The molecule has 0 fully saturated rings. The predicted octanol–water partition coefficient (Wildman–Crippen LogP) is 4.52. The van der Waals surface area contributed by atoms with Gasteiger partial charge in [0.2, 0.25) is 0 Å². The molecular weight excluding hydrogens is 326 g/mol. The largest absolute Gasteiger partial charge is 0.478 e. The molecule has 1 amide bonds. The van der Waals surface area contributed by atoms with E-state index in [1.54, 1.807) is 18.2 Å². The summed E-state index contributed by atoms with van der Waals surface area (Å²) in [7, 11) is 0. The summed E-state index contributed by atoms with van der Waals surface area (Å²) in [5.41, 5.74) is 6.81. The maximum absolute atomic E-state index is 12.3. The van der Waals surface area contributed by atoms with Crippen LogP contribution in [-0.2, 0) is 4.79 Å². The van der Waals surface area contributed by atoms with E-state index in [1.165, 1.54) is 0 Å². The highest BCUT2D eigenvalue weighted by atomic mass is 16.4. The molecule has 2 aromatic rings. The van der Waals surface area contributed by atoms with Crippen LogP contribution in [0.4, 0.5) is 5.69 Å². The first-order valence-electron chi connectivity index (χ1n) is 8.39. The third-order valence-corrected chi connectivity index (χ3v) is 4.79. The van der Waals surface area contributed by atoms with Gasteiger partial charge in [0.15, 0.2) is 0 Å². The zero-order valence-corrected chi connectivity index (χ0v) is 14.2. The van der Waals surface area contributed by atoms with Crippen LogP contribution < -0.4 is 5.32 Å². The number of fused-ring (bicyclic) bond motifs is 1. The minimum absolute atomic E-state index is 0.0900. The first kappa shape index (κ1) is 16.1. The molecule has 0 spiro atoms. The van der Waals surface area contributed by atoms with Crippen molar-refractivity contribution in [2.75, 3.05) is 5.32 Å². The number of benzene rings is 2. The van der Waals surface area contributed by atoms with Gasteiger partial charge in [-0.1, -0.05) is 36.4 Å². The van der Waals surface area contributed by atoms with Gasteiger partial charge in [-0.2, -0.15) is 0 Å². The maximum atomic E-state index is 12.3. The molecule has 4 rings (SSSR count). The molecule has 1 aliphatic heterocycles. The molecule has 0 bridgehead atoms. The number of para-hydroxylation sites is 1. The average Bonchev–Trinajstić information content (AvgIpc) is 3.16. The highest BCUT2D eigenvalue weighted by Gasteiger charge is 2.25. The van der Waals surface area contributed by atoms with Gasteiger partial charge >= 0.3 is 5.97 Å². The lowest BCUT2D eigenvalue weighted by Gasteiger charge is -2.05. The van der Waals surface area contributed by atoms with Crippen LogP contribution in [0.15, 0.2) is 71.8 Å². The van der Waals surface area contributed by atoms with Gasteiger partial charge in [0.25, 0.3) is 5.91 Å². The van der Waals surface area contributed by atoms with Crippen LogP contribution in [0.2, 0.25) is 0 Å². The molecule has 2 aliphatic rings. The van der Waals surface area contributed by atoms with Crippen molar-refractivity contribution >= 4 is 28.7 Å². The lowest BCUT2D eigenvalue weighted by molar-refractivity contribution is -0.110. The number of carboxylic acids is 1. The Morgan fingerprint density at radius 2 is 1.96 bits per heavy atom. The first-order chi connectivity index (χ1) is 12.5. The number of allylic oxidation sites excluding steroid dienone is 5. The van der Waals surface area contributed by atoms with Crippen molar-refractivity contribution in [3.63, 3.8) is 0 Å². The number of carbonyl (C=O) groups is 2. The third kappa shape index (κ3) is 2.75. The van der Waals surface area contributed by atoms with E-state index in [2.05, 4.69) is 11.4 Å². The summed E-state index contributed by atoms with van der Waals surface area (Å²) in [6.45, 7) is 2.01. The van der Waals surface area contributed by atoms with E-state index in [0.29, 0.717) is 12.0 Å². The molecule has 1 aliphatic carbocycles. The number of hydrogen-bond donors (Lipinski definition) is 2. The minimum Gasteiger partial charge on any atom is -0.478 e. The highest BCUT2D eigenvalue weighted by molar-refractivity contribution is 6.31. The average molecular weight is 343 g/mol. The molecule has 26 heavy (non-hydrogen) atoms. The fourth-order valence-corrected chi connectivity index (χ4v) is 3.41. The summed E-state index contributed by atoms with van der Waals surface area (Å²) < 4.78 is 0. The van der Waals surface area contributed by atoms with E-state index in [9.17, 15) is 14.7 Å². The van der Waals surface area contributed by atoms with Gasteiger partial charge < -0.3 is 10.4 Å². The Kier molecular flexibility index (Phi) is 3.81. The molecular formula is C22H17NO3. The Bertz CT molecular complexity index is 1040. The topological polar surface area (TPSA) is 66.4 Å². The third-order valence-electron chi connectivity index (χ3n) is 4.79. The van der Waals surface area contributed by atoms with Crippen LogP contribution in [0.1, 0.15) is 34.8 Å². The Hall–Kier alpha value is -3.40. The van der Waals surface area contributed by atoms with E-state index in [4.69, 9.17) is 0 Å². The molecule has 0 saturated heterocycles. The van der Waals surface area contributed by atoms with Crippen LogP contribution in [0.3, 0.4) is 0 Å². The van der Waals surface area contributed by atoms with Crippen molar-refractivity contribution in [3.8, 4) is 0 Å². The molecule has 0 unspecified atom stereocenters. The Labute approximate surface area is 151 Å². The van der Waals surface area contributed by atoms with Gasteiger partial charge in [-0.15, -0.1) is 0 Å². The number of aromatic carboxylic acids is 1. The monoisotopic (exact) mass is 343 g/mol. The molecule has 1 heterocycles. The summed E-state index contributed by atoms with van der Waals surface area (Å²) in [6, 6.07) is 14.6. The van der Waals surface area contributed by atoms with Crippen LogP contribution in [0, 0.1) is 0 Å². The zero-order valence-electron chi connectivity index (χ0n) is 14.2. The summed E-state index contributed by atoms with van der Waals surface area (Å²) in [5, 5.41) is 12.1. The van der Waals surface area contributed by atoms with Crippen molar-refractivity contribution < 1.29 is 14.7 Å². The Morgan fingerprint density at radius 1 is 1.15 bits per heavy atom. The number of hydrogen-bond acceptors (Lipinski definition) is 2. The van der Waals surface area contributed by atoms with E-state index in [-0.39, 0.29) is 11.5 Å². The van der Waals surface area contributed by atoms with Gasteiger partial charge in [0.05, 0.1) is 5.56 Å². The number of amides is 1. The van der Waals surface area contributed by atoms with E-state index in [1.807, 2.05) is 43.3 Å². The smallest absolute Gasteiger partial charge is 0.335 e. The van der Waals surface area contributed by atoms with E-state index < -0.39 is 5.97 Å². The lowest BCUT2D eigenvalue weighted by atomic mass is 9.98. The molecule has 0 aromatic heterocycles. The fourth-order valence-electron chi connectivity index (χ4n) is 3.41. The Balaban J connectivity index is 1.64. The number of nitrogens with one attached hydrogen (secondary N) is 1. The standard InChI is InChI=1S/C22H17NO3/c1-13-9-17(14-5-4-6-15(10-14)22(25)26)11-16(13)12-19-18-7-2-3-8-20(18)23-21(19)24/h2-10,12H,11H2,1H3,(H,23,24)(H,25,26). The van der Waals surface area contributed by atoms with E-state index in [0.717, 1.165) is 33.5 Å². The Morgan fingerprint density at radius 3 is 2.77 bits per heavy atom. The molecule has 0 radical (unpaired) electrons. The molecule has 0 atom stereocenters. The van der Waals surface area contributed by atoms with Crippen LogP contribution in [0.5, 0.6) is 0 Å². The molecule has 4 nitrogen and oxygen atoms in total. The van der Waals surface area contributed by atoms with E-state index >= 15 is 0 Å². The molecule has 2 N–H and O–H groups in total. The van der Waals surface area contributed by atoms with Gasteiger partial charge in [-0.05, 0) is 59.9 Å². The molecule has 4 heteroatoms. The van der Waals surface area contributed by atoms with Crippen LogP contribution >= 0.6 is 0 Å². The van der Waals surface area contributed by atoms with Crippen molar-refractivity contribution in [1.82, 2.24) is 0 Å². The molecule has 0 saturated carbocycles. The van der Waals surface area contributed by atoms with Crippen molar-refractivity contribution in [3.05, 3.63) is 88.5 Å². The number of rotatable bonds is 3. The first-order valence-corrected chi connectivity index (χ1v) is 8.39. The summed E-state index contributed by atoms with van der Waals surface area (Å²) in [6.07, 6.45) is 4.68. The normalized spacial score (nSPS) is 17.3. The van der Waals surface area contributed by atoms with Crippen molar-refractivity contribution in [2.24, 2.45) is 0 Å². The highest BCUT2D eigenvalue weighted by Crippen LogP contribution is 2.37.